The van der Waals surface area contributed by atoms with Gasteiger partial charge in [-0.3, -0.25) is 0 Å². The van der Waals surface area contributed by atoms with Crippen LogP contribution in [0.1, 0.15) is 22.3 Å². The Morgan fingerprint density at radius 1 is 1.04 bits per heavy atom. The summed E-state index contributed by atoms with van der Waals surface area (Å²) >= 11 is 0. The van der Waals surface area contributed by atoms with Crippen LogP contribution in [0, 0.1) is 13.8 Å². The van der Waals surface area contributed by atoms with Gasteiger partial charge in [0.1, 0.15) is 11.3 Å². The summed E-state index contributed by atoms with van der Waals surface area (Å²) in [5.41, 5.74) is 4.29. The van der Waals surface area contributed by atoms with E-state index < -0.39 is 0 Å². The first-order chi connectivity index (χ1) is 11.6. The van der Waals surface area contributed by atoms with Crippen molar-refractivity contribution in [2.24, 2.45) is 0 Å². The normalized spacial score (nSPS) is 11.0. The number of rotatable bonds is 5. The van der Waals surface area contributed by atoms with Gasteiger partial charge in [0.05, 0.1) is 7.11 Å². The first-order valence-electron chi connectivity index (χ1n) is 7.95. The first kappa shape index (κ1) is 16.3. The molecule has 0 spiro atoms. The van der Waals surface area contributed by atoms with Gasteiger partial charge in [0.15, 0.2) is 0 Å². The van der Waals surface area contributed by atoms with Crippen LogP contribution in [-0.4, -0.2) is 7.11 Å². The quantitative estimate of drug-likeness (QED) is 0.727. The van der Waals surface area contributed by atoms with Crippen molar-refractivity contribution in [1.29, 1.82) is 0 Å². The molecule has 0 fully saturated rings. The molecule has 2 aromatic carbocycles. The second-order valence-corrected chi connectivity index (χ2v) is 5.89. The number of aryl methyl sites for hydroxylation is 1. The van der Waals surface area contributed by atoms with Gasteiger partial charge in [-0.25, -0.2) is 4.79 Å². The molecule has 1 N–H and O–H groups in total. The topological polar surface area (TPSA) is 51.5 Å². The summed E-state index contributed by atoms with van der Waals surface area (Å²) in [7, 11) is 1.68. The number of ether oxygens (including phenoxy) is 1. The van der Waals surface area contributed by atoms with E-state index in [9.17, 15) is 4.79 Å². The molecule has 0 saturated carbocycles. The molecule has 0 saturated heterocycles. The van der Waals surface area contributed by atoms with Gasteiger partial charge in [0.25, 0.3) is 0 Å². The smallest absolute Gasteiger partial charge is 0.339 e. The largest absolute Gasteiger partial charge is 0.496 e. The number of hydrogen-bond acceptors (Lipinski definition) is 4. The van der Waals surface area contributed by atoms with Crippen molar-refractivity contribution in [3.63, 3.8) is 0 Å². The number of nitrogens with one attached hydrogen (secondary N) is 1. The lowest BCUT2D eigenvalue weighted by Gasteiger charge is -2.10. The van der Waals surface area contributed by atoms with Crippen LogP contribution >= 0.6 is 0 Å². The van der Waals surface area contributed by atoms with Crippen LogP contribution in [0.25, 0.3) is 11.0 Å². The van der Waals surface area contributed by atoms with Gasteiger partial charge in [-0.05, 0) is 43.2 Å². The number of hydrogen-bond donors (Lipinski definition) is 1. The van der Waals surface area contributed by atoms with Gasteiger partial charge in [0, 0.05) is 29.6 Å². The van der Waals surface area contributed by atoms with Crippen molar-refractivity contribution in [1.82, 2.24) is 5.32 Å². The molecule has 3 rings (SSSR count). The van der Waals surface area contributed by atoms with Gasteiger partial charge in [0.2, 0.25) is 0 Å². The fraction of sp³-hybridized carbons (Fsp3) is 0.250. The minimum atomic E-state index is -0.262. The highest BCUT2D eigenvalue weighted by molar-refractivity contribution is 5.81. The Bertz CT molecular complexity index is 928. The highest BCUT2D eigenvalue weighted by Crippen LogP contribution is 2.21. The summed E-state index contributed by atoms with van der Waals surface area (Å²) in [4.78, 5) is 11.7. The Balaban J connectivity index is 1.77. The Kier molecular flexibility index (Phi) is 4.67. The molecule has 4 heteroatoms. The van der Waals surface area contributed by atoms with Crippen molar-refractivity contribution >= 4 is 11.0 Å². The molecule has 1 aromatic heterocycles. The molecule has 24 heavy (non-hydrogen) atoms. The molecule has 4 nitrogen and oxygen atoms in total. The average molecular weight is 323 g/mol. The summed E-state index contributed by atoms with van der Waals surface area (Å²) < 4.78 is 10.7. The number of fused-ring (bicyclic) bond motifs is 1. The third-order valence-corrected chi connectivity index (χ3v) is 4.36. The zero-order chi connectivity index (χ0) is 17.1. The van der Waals surface area contributed by atoms with E-state index in [1.165, 1.54) is 0 Å². The third kappa shape index (κ3) is 3.19. The van der Waals surface area contributed by atoms with Crippen molar-refractivity contribution < 1.29 is 9.15 Å². The van der Waals surface area contributed by atoms with E-state index in [0.29, 0.717) is 11.1 Å². The van der Waals surface area contributed by atoms with Crippen LogP contribution in [0.4, 0.5) is 0 Å². The van der Waals surface area contributed by atoms with Gasteiger partial charge in [-0.1, -0.05) is 24.3 Å². The van der Waals surface area contributed by atoms with E-state index in [1.807, 2.05) is 43.3 Å². The summed E-state index contributed by atoms with van der Waals surface area (Å²) in [5.74, 6) is 0.886. The molecule has 0 amide bonds. The molecule has 3 aromatic rings. The maximum atomic E-state index is 11.7. The molecule has 0 radical (unpaired) electrons. The van der Waals surface area contributed by atoms with Crippen LogP contribution in [0.3, 0.4) is 0 Å². The van der Waals surface area contributed by atoms with Crippen LogP contribution in [0.5, 0.6) is 5.75 Å². The Hall–Kier alpha value is -2.59. The highest BCUT2D eigenvalue weighted by Gasteiger charge is 2.08. The molecular weight excluding hydrogens is 302 g/mol. The van der Waals surface area contributed by atoms with Gasteiger partial charge in [-0.2, -0.15) is 0 Å². The van der Waals surface area contributed by atoms with Gasteiger partial charge >= 0.3 is 5.63 Å². The van der Waals surface area contributed by atoms with Crippen LogP contribution in [0.15, 0.2) is 51.7 Å². The Labute approximate surface area is 141 Å². The third-order valence-electron chi connectivity index (χ3n) is 4.36. The standard InChI is InChI=1S/C20H21NO3/c1-13-14(2)20(22)24-19-9-8-15(10-17(13)19)11-21-12-16-6-4-5-7-18(16)23-3/h4-10,21H,11-12H2,1-3H3. The number of methoxy groups -OCH3 is 1. The highest BCUT2D eigenvalue weighted by atomic mass is 16.5. The molecule has 0 aliphatic rings. The SMILES string of the molecule is COc1ccccc1CNCc1ccc2oc(=O)c(C)c(C)c2c1. The Morgan fingerprint density at radius 2 is 1.83 bits per heavy atom. The summed E-state index contributed by atoms with van der Waals surface area (Å²) in [5, 5.41) is 4.42. The zero-order valence-electron chi connectivity index (χ0n) is 14.2. The Morgan fingerprint density at radius 3 is 2.62 bits per heavy atom. The van der Waals surface area contributed by atoms with E-state index in [0.717, 1.165) is 40.9 Å². The lowest BCUT2D eigenvalue weighted by molar-refractivity contribution is 0.407. The lowest BCUT2D eigenvalue weighted by atomic mass is 10.0. The van der Waals surface area contributed by atoms with Gasteiger partial charge < -0.3 is 14.5 Å². The fourth-order valence-electron chi connectivity index (χ4n) is 2.79. The van der Waals surface area contributed by atoms with Gasteiger partial charge in [-0.15, -0.1) is 0 Å². The second kappa shape index (κ2) is 6.89. The minimum Gasteiger partial charge on any atom is -0.496 e. The second-order valence-electron chi connectivity index (χ2n) is 5.89. The van der Waals surface area contributed by atoms with E-state index >= 15 is 0 Å². The number of para-hydroxylation sites is 1. The van der Waals surface area contributed by atoms with Crippen molar-refractivity contribution in [2.75, 3.05) is 7.11 Å². The lowest BCUT2D eigenvalue weighted by Crippen LogP contribution is -2.13. The molecule has 0 aliphatic carbocycles. The molecular formula is C20H21NO3. The molecule has 0 atom stereocenters. The maximum Gasteiger partial charge on any atom is 0.339 e. The zero-order valence-corrected chi connectivity index (χ0v) is 14.2. The number of benzene rings is 2. The summed E-state index contributed by atoms with van der Waals surface area (Å²) in [6, 6.07) is 13.9. The molecule has 0 aliphatic heterocycles. The predicted molar refractivity (Wildman–Crippen MR) is 95.5 cm³/mol. The summed E-state index contributed by atoms with van der Waals surface area (Å²) in [6.07, 6.45) is 0. The van der Waals surface area contributed by atoms with Crippen LogP contribution in [0.2, 0.25) is 0 Å². The monoisotopic (exact) mass is 323 g/mol. The fourth-order valence-corrected chi connectivity index (χ4v) is 2.79. The first-order valence-corrected chi connectivity index (χ1v) is 7.95. The van der Waals surface area contributed by atoms with E-state index in [2.05, 4.69) is 11.4 Å². The molecule has 1 heterocycles. The predicted octanol–water partition coefficient (Wildman–Crippen LogP) is 3.71. The van der Waals surface area contributed by atoms with Crippen molar-refractivity contribution in [3.8, 4) is 5.75 Å². The average Bonchev–Trinajstić information content (AvgIpc) is 2.61. The maximum absolute atomic E-state index is 11.7. The molecule has 0 unspecified atom stereocenters. The molecule has 0 bridgehead atoms. The van der Waals surface area contributed by atoms with E-state index in [4.69, 9.17) is 9.15 Å². The molecule has 124 valence electrons. The van der Waals surface area contributed by atoms with E-state index in [1.54, 1.807) is 14.0 Å². The van der Waals surface area contributed by atoms with Crippen molar-refractivity contribution in [2.45, 2.75) is 26.9 Å². The minimum absolute atomic E-state index is 0.262. The van der Waals surface area contributed by atoms with E-state index in [-0.39, 0.29) is 5.63 Å². The summed E-state index contributed by atoms with van der Waals surface area (Å²) in [6.45, 7) is 5.21. The van der Waals surface area contributed by atoms with Crippen LogP contribution in [-0.2, 0) is 13.1 Å². The van der Waals surface area contributed by atoms with Crippen molar-refractivity contribution in [3.05, 3.63) is 75.1 Å². The van der Waals surface area contributed by atoms with Crippen LogP contribution < -0.4 is 15.7 Å².